The Hall–Kier alpha value is -2.14. The number of thiophene rings is 1. The first kappa shape index (κ1) is 15.3. The van der Waals surface area contributed by atoms with E-state index in [0.717, 1.165) is 16.0 Å². The van der Waals surface area contributed by atoms with E-state index >= 15 is 0 Å². The van der Waals surface area contributed by atoms with Crippen LogP contribution in [0.15, 0.2) is 30.3 Å². The highest BCUT2D eigenvalue weighted by Gasteiger charge is 2.17. The van der Waals surface area contributed by atoms with Gasteiger partial charge in [0.25, 0.3) is 0 Å². The molecular weight excluding hydrogens is 286 g/mol. The Balaban J connectivity index is 2.13. The number of hydrogen-bond donors (Lipinski definition) is 1. The summed E-state index contributed by atoms with van der Waals surface area (Å²) in [5, 5.41) is 3.34. The SMILES string of the molecule is COC(=O)c1cc(C)sc1NC(=O)Cc1ccccc1C. The first-order chi connectivity index (χ1) is 10.0. The van der Waals surface area contributed by atoms with Crippen LogP contribution < -0.4 is 5.32 Å². The summed E-state index contributed by atoms with van der Waals surface area (Å²) < 4.78 is 4.73. The van der Waals surface area contributed by atoms with Crippen molar-refractivity contribution in [3.8, 4) is 0 Å². The van der Waals surface area contributed by atoms with Gasteiger partial charge in [-0.25, -0.2) is 4.79 Å². The zero-order valence-electron chi connectivity index (χ0n) is 12.2. The molecule has 110 valence electrons. The van der Waals surface area contributed by atoms with Crippen molar-refractivity contribution in [3.05, 3.63) is 51.9 Å². The highest BCUT2D eigenvalue weighted by molar-refractivity contribution is 7.16. The number of hydrogen-bond acceptors (Lipinski definition) is 4. The fourth-order valence-corrected chi connectivity index (χ4v) is 2.94. The van der Waals surface area contributed by atoms with Crippen LogP contribution >= 0.6 is 11.3 Å². The van der Waals surface area contributed by atoms with E-state index in [1.165, 1.54) is 18.4 Å². The number of carbonyl (C=O) groups excluding carboxylic acids is 2. The van der Waals surface area contributed by atoms with Crippen molar-refractivity contribution in [2.24, 2.45) is 0 Å². The van der Waals surface area contributed by atoms with Crippen molar-refractivity contribution in [2.45, 2.75) is 20.3 Å². The lowest BCUT2D eigenvalue weighted by atomic mass is 10.1. The lowest BCUT2D eigenvalue weighted by Gasteiger charge is -2.07. The third-order valence-corrected chi connectivity index (χ3v) is 4.09. The van der Waals surface area contributed by atoms with Crippen LogP contribution in [0.25, 0.3) is 0 Å². The lowest BCUT2D eigenvalue weighted by Crippen LogP contribution is -2.16. The third-order valence-electron chi connectivity index (χ3n) is 3.13. The van der Waals surface area contributed by atoms with Crippen molar-refractivity contribution in [1.82, 2.24) is 0 Å². The quantitative estimate of drug-likeness (QED) is 0.881. The molecule has 0 radical (unpaired) electrons. The Bertz CT molecular complexity index is 676. The van der Waals surface area contributed by atoms with Crippen LogP contribution in [0.1, 0.15) is 26.4 Å². The first-order valence-electron chi connectivity index (χ1n) is 6.54. The molecule has 2 aromatic rings. The predicted octanol–water partition coefficient (Wildman–Crippen LogP) is 3.33. The van der Waals surface area contributed by atoms with Gasteiger partial charge in [0.15, 0.2) is 0 Å². The largest absolute Gasteiger partial charge is 0.465 e. The number of benzene rings is 1. The van der Waals surface area contributed by atoms with Gasteiger partial charge in [-0.1, -0.05) is 24.3 Å². The summed E-state index contributed by atoms with van der Waals surface area (Å²) in [6.45, 7) is 3.85. The third kappa shape index (κ3) is 3.70. The van der Waals surface area contributed by atoms with Gasteiger partial charge in [-0.2, -0.15) is 0 Å². The van der Waals surface area contributed by atoms with Crippen LogP contribution in [0.5, 0.6) is 0 Å². The van der Waals surface area contributed by atoms with Gasteiger partial charge in [-0.15, -0.1) is 11.3 Å². The number of nitrogens with one attached hydrogen (secondary N) is 1. The molecule has 0 aliphatic heterocycles. The molecule has 1 heterocycles. The zero-order chi connectivity index (χ0) is 15.4. The Labute approximate surface area is 127 Å². The molecule has 1 amide bonds. The van der Waals surface area contributed by atoms with Crippen LogP contribution in [-0.2, 0) is 16.0 Å². The van der Waals surface area contributed by atoms with Gasteiger partial charge in [0.05, 0.1) is 19.1 Å². The second-order valence-electron chi connectivity index (χ2n) is 4.74. The van der Waals surface area contributed by atoms with Gasteiger partial charge in [-0.05, 0) is 31.0 Å². The van der Waals surface area contributed by atoms with E-state index in [1.54, 1.807) is 6.07 Å². The van der Waals surface area contributed by atoms with E-state index in [0.29, 0.717) is 10.6 Å². The molecule has 0 unspecified atom stereocenters. The zero-order valence-corrected chi connectivity index (χ0v) is 13.0. The molecule has 0 spiro atoms. The summed E-state index contributed by atoms with van der Waals surface area (Å²) in [6.07, 6.45) is 0.282. The Kier molecular flexibility index (Phi) is 4.75. The highest BCUT2D eigenvalue weighted by atomic mass is 32.1. The number of anilines is 1. The minimum absolute atomic E-state index is 0.142. The Morgan fingerprint density at radius 1 is 1.24 bits per heavy atom. The fraction of sp³-hybridized carbons (Fsp3) is 0.250. The Morgan fingerprint density at radius 3 is 2.62 bits per heavy atom. The molecule has 0 saturated heterocycles. The minimum atomic E-state index is -0.439. The van der Waals surface area contributed by atoms with Crippen molar-refractivity contribution in [2.75, 3.05) is 12.4 Å². The number of methoxy groups -OCH3 is 1. The second-order valence-corrected chi connectivity index (χ2v) is 6.00. The van der Waals surface area contributed by atoms with E-state index in [1.807, 2.05) is 38.1 Å². The molecule has 1 N–H and O–H groups in total. The fourth-order valence-electron chi connectivity index (χ4n) is 2.02. The topological polar surface area (TPSA) is 55.4 Å². The molecular formula is C16H17NO3S. The number of rotatable bonds is 4. The van der Waals surface area contributed by atoms with Crippen LogP contribution in [-0.4, -0.2) is 19.0 Å². The van der Waals surface area contributed by atoms with Crippen LogP contribution in [0.3, 0.4) is 0 Å². The molecule has 4 nitrogen and oxygen atoms in total. The summed E-state index contributed by atoms with van der Waals surface area (Å²) >= 11 is 1.37. The minimum Gasteiger partial charge on any atom is -0.465 e. The maximum atomic E-state index is 12.1. The number of aryl methyl sites for hydroxylation is 2. The van der Waals surface area contributed by atoms with Gasteiger partial charge >= 0.3 is 5.97 Å². The van der Waals surface area contributed by atoms with Crippen molar-refractivity contribution >= 4 is 28.2 Å². The average molecular weight is 303 g/mol. The molecule has 0 aliphatic carbocycles. The molecule has 21 heavy (non-hydrogen) atoms. The van der Waals surface area contributed by atoms with Gasteiger partial charge in [0.2, 0.25) is 5.91 Å². The summed E-state index contributed by atoms with van der Waals surface area (Å²) in [5.74, 6) is -0.582. The standard InChI is InChI=1S/C16H17NO3S/c1-10-6-4-5-7-12(10)9-14(18)17-15-13(16(19)20-3)8-11(2)21-15/h4-8H,9H2,1-3H3,(H,17,18). The van der Waals surface area contributed by atoms with E-state index in [-0.39, 0.29) is 12.3 Å². The average Bonchev–Trinajstić information content (AvgIpc) is 2.81. The van der Waals surface area contributed by atoms with Crippen molar-refractivity contribution in [3.63, 3.8) is 0 Å². The summed E-state index contributed by atoms with van der Waals surface area (Å²) in [5.41, 5.74) is 2.45. The lowest BCUT2D eigenvalue weighted by molar-refractivity contribution is -0.115. The van der Waals surface area contributed by atoms with E-state index in [2.05, 4.69) is 5.32 Å². The molecule has 0 aliphatic rings. The monoisotopic (exact) mass is 303 g/mol. The predicted molar refractivity (Wildman–Crippen MR) is 83.9 cm³/mol. The van der Waals surface area contributed by atoms with Crippen LogP contribution in [0.2, 0.25) is 0 Å². The van der Waals surface area contributed by atoms with Gasteiger partial charge in [-0.3, -0.25) is 4.79 Å². The van der Waals surface area contributed by atoms with E-state index in [9.17, 15) is 9.59 Å². The van der Waals surface area contributed by atoms with Crippen LogP contribution in [0, 0.1) is 13.8 Å². The normalized spacial score (nSPS) is 10.2. The van der Waals surface area contributed by atoms with E-state index < -0.39 is 5.97 Å². The summed E-state index contributed by atoms with van der Waals surface area (Å²) in [4.78, 5) is 24.8. The smallest absolute Gasteiger partial charge is 0.340 e. The molecule has 0 fully saturated rings. The molecule has 1 aromatic carbocycles. The maximum Gasteiger partial charge on any atom is 0.340 e. The van der Waals surface area contributed by atoms with Gasteiger partial charge in [0.1, 0.15) is 5.00 Å². The molecule has 2 rings (SSSR count). The van der Waals surface area contributed by atoms with Gasteiger partial charge in [0, 0.05) is 4.88 Å². The number of ether oxygens (including phenoxy) is 1. The molecule has 0 bridgehead atoms. The summed E-state index contributed by atoms with van der Waals surface area (Å²) in [7, 11) is 1.33. The highest BCUT2D eigenvalue weighted by Crippen LogP contribution is 2.28. The van der Waals surface area contributed by atoms with Crippen molar-refractivity contribution in [1.29, 1.82) is 0 Å². The number of esters is 1. The number of carbonyl (C=O) groups is 2. The maximum absolute atomic E-state index is 12.1. The molecule has 1 aromatic heterocycles. The second kappa shape index (κ2) is 6.54. The Morgan fingerprint density at radius 2 is 1.95 bits per heavy atom. The molecule has 0 saturated carbocycles. The van der Waals surface area contributed by atoms with Gasteiger partial charge < -0.3 is 10.1 Å². The van der Waals surface area contributed by atoms with E-state index in [4.69, 9.17) is 4.74 Å². The summed E-state index contributed by atoms with van der Waals surface area (Å²) in [6, 6.07) is 9.47. The molecule has 5 heteroatoms. The van der Waals surface area contributed by atoms with Crippen molar-refractivity contribution < 1.29 is 14.3 Å². The molecule has 0 atom stereocenters. The number of amides is 1. The van der Waals surface area contributed by atoms with Crippen LogP contribution in [0.4, 0.5) is 5.00 Å². The first-order valence-corrected chi connectivity index (χ1v) is 7.36.